The van der Waals surface area contributed by atoms with Crippen LogP contribution in [-0.4, -0.2) is 28.5 Å². The lowest BCUT2D eigenvalue weighted by molar-refractivity contribution is -0.131. The highest BCUT2D eigenvalue weighted by atomic mass is 35.5. The Hall–Kier alpha value is -2.28. The number of aliphatic carboxylic acids is 1. The Morgan fingerprint density at radius 1 is 1.04 bits per heavy atom. The molecule has 0 saturated heterocycles. The van der Waals surface area contributed by atoms with E-state index in [9.17, 15) is 14.4 Å². The second-order valence-electron chi connectivity index (χ2n) is 5.02. The van der Waals surface area contributed by atoms with Crippen LogP contribution in [0.5, 0.6) is 0 Å². The molecule has 0 fully saturated rings. The van der Waals surface area contributed by atoms with E-state index in [0.717, 1.165) is 17.0 Å². The summed E-state index contributed by atoms with van der Waals surface area (Å²) in [7, 11) is 0. The van der Waals surface area contributed by atoms with Crippen molar-refractivity contribution in [1.82, 2.24) is 0 Å². The highest BCUT2D eigenvalue weighted by Gasteiger charge is 2.11. The van der Waals surface area contributed by atoms with Crippen LogP contribution >= 0.6 is 35.0 Å². The topological polar surface area (TPSA) is 83.5 Å². The van der Waals surface area contributed by atoms with Crippen molar-refractivity contribution in [2.45, 2.75) is 4.90 Å². The largest absolute Gasteiger partial charge is 0.478 e. The van der Waals surface area contributed by atoms with Gasteiger partial charge in [0.15, 0.2) is 5.78 Å². The van der Waals surface area contributed by atoms with E-state index in [4.69, 9.17) is 28.3 Å². The van der Waals surface area contributed by atoms with E-state index < -0.39 is 11.9 Å². The molecule has 2 aromatic rings. The number of carboxylic acid groups (broad SMARTS) is 1. The summed E-state index contributed by atoms with van der Waals surface area (Å²) < 4.78 is 0. The predicted octanol–water partition coefficient (Wildman–Crippen LogP) is 4.55. The average Bonchev–Trinajstić information content (AvgIpc) is 2.59. The fourth-order valence-corrected chi connectivity index (χ4v) is 3.20. The first kappa shape index (κ1) is 20.0. The van der Waals surface area contributed by atoms with Crippen LogP contribution in [0.2, 0.25) is 10.0 Å². The zero-order chi connectivity index (χ0) is 19.1. The van der Waals surface area contributed by atoms with Gasteiger partial charge in [-0.2, -0.15) is 0 Å². The van der Waals surface area contributed by atoms with Crippen molar-refractivity contribution >= 4 is 58.3 Å². The minimum Gasteiger partial charge on any atom is -0.478 e. The van der Waals surface area contributed by atoms with Crippen LogP contribution in [0, 0.1) is 0 Å². The molecule has 0 aromatic heterocycles. The monoisotopic (exact) mass is 409 g/mol. The maximum absolute atomic E-state index is 12.2. The smallest absolute Gasteiger partial charge is 0.328 e. The highest BCUT2D eigenvalue weighted by molar-refractivity contribution is 8.00. The highest BCUT2D eigenvalue weighted by Crippen LogP contribution is 2.25. The normalized spacial score (nSPS) is 10.7. The van der Waals surface area contributed by atoms with Gasteiger partial charge in [0.1, 0.15) is 0 Å². The number of hydrogen-bond acceptors (Lipinski definition) is 4. The first-order chi connectivity index (χ1) is 12.3. The number of ketones is 1. The Balaban J connectivity index is 1.91. The van der Waals surface area contributed by atoms with E-state index in [1.165, 1.54) is 17.8 Å². The van der Waals surface area contributed by atoms with Gasteiger partial charge in [-0.1, -0.05) is 23.2 Å². The van der Waals surface area contributed by atoms with Crippen LogP contribution in [-0.2, 0) is 9.59 Å². The standard InChI is InChI=1S/C18H13Cl2NO4S/c19-11-1-6-14(15(20)9-11)16(22)10-26-13-4-2-12(3-5-13)21-17(23)7-8-18(24)25/h1-9H,10H2,(H,21,23)(H,24,25)/b8-7+. The zero-order valence-electron chi connectivity index (χ0n) is 13.2. The second-order valence-corrected chi connectivity index (χ2v) is 6.91. The minimum atomic E-state index is -1.20. The fourth-order valence-electron chi connectivity index (χ4n) is 1.91. The Bertz CT molecular complexity index is 866. The van der Waals surface area contributed by atoms with Crippen molar-refractivity contribution in [1.29, 1.82) is 0 Å². The summed E-state index contributed by atoms with van der Waals surface area (Å²) in [6.07, 6.45) is 1.69. The molecule has 0 aliphatic rings. The van der Waals surface area contributed by atoms with Crippen LogP contribution in [0.15, 0.2) is 59.5 Å². The molecule has 0 unspecified atom stereocenters. The average molecular weight is 410 g/mol. The zero-order valence-corrected chi connectivity index (χ0v) is 15.6. The molecular weight excluding hydrogens is 397 g/mol. The number of amides is 1. The number of carbonyl (C=O) groups excluding carboxylic acids is 2. The first-order valence-corrected chi connectivity index (χ1v) is 9.02. The van der Waals surface area contributed by atoms with Crippen LogP contribution in [0.3, 0.4) is 0 Å². The molecule has 0 aliphatic carbocycles. The molecule has 2 rings (SSSR count). The number of carbonyl (C=O) groups is 3. The molecule has 0 spiro atoms. The van der Waals surface area contributed by atoms with Crippen LogP contribution in [0.1, 0.15) is 10.4 Å². The lowest BCUT2D eigenvalue weighted by atomic mass is 10.1. The van der Waals surface area contributed by atoms with E-state index in [0.29, 0.717) is 21.3 Å². The molecule has 1 amide bonds. The van der Waals surface area contributed by atoms with Gasteiger partial charge in [0.05, 0.1) is 10.8 Å². The molecular formula is C18H13Cl2NO4S. The number of halogens is 2. The summed E-state index contributed by atoms with van der Waals surface area (Å²) in [6, 6.07) is 11.6. The van der Waals surface area contributed by atoms with Crippen LogP contribution in [0.4, 0.5) is 5.69 Å². The minimum absolute atomic E-state index is 0.118. The second kappa shape index (κ2) is 9.43. The van der Waals surface area contributed by atoms with Crippen LogP contribution in [0.25, 0.3) is 0 Å². The quantitative estimate of drug-likeness (QED) is 0.398. The molecule has 0 radical (unpaired) electrons. The third-order valence-corrected chi connectivity index (χ3v) is 4.66. The maximum atomic E-state index is 12.2. The van der Waals surface area contributed by atoms with Crippen molar-refractivity contribution in [2.75, 3.05) is 11.1 Å². The van der Waals surface area contributed by atoms with E-state index in [2.05, 4.69) is 5.32 Å². The summed E-state index contributed by atoms with van der Waals surface area (Å²) in [5.74, 6) is -1.65. The van der Waals surface area contributed by atoms with Crippen molar-refractivity contribution < 1.29 is 19.5 Å². The van der Waals surface area contributed by atoms with E-state index >= 15 is 0 Å². The number of thioether (sulfide) groups is 1. The Labute approximate surface area is 164 Å². The fraction of sp³-hybridized carbons (Fsp3) is 0.0556. The summed E-state index contributed by atoms with van der Waals surface area (Å²) in [5, 5.41) is 11.8. The third-order valence-electron chi connectivity index (χ3n) is 3.10. The van der Waals surface area contributed by atoms with Crippen molar-refractivity contribution in [3.63, 3.8) is 0 Å². The van der Waals surface area contributed by atoms with Crippen LogP contribution < -0.4 is 5.32 Å². The molecule has 0 atom stereocenters. The van der Waals surface area contributed by atoms with Gasteiger partial charge in [-0.05, 0) is 42.5 Å². The lowest BCUT2D eigenvalue weighted by Gasteiger charge is -2.06. The van der Waals surface area contributed by atoms with Gasteiger partial charge in [0.2, 0.25) is 5.91 Å². The molecule has 26 heavy (non-hydrogen) atoms. The SMILES string of the molecule is O=C(O)/C=C/C(=O)Nc1ccc(SCC(=O)c2ccc(Cl)cc2Cl)cc1. The molecule has 2 aromatic carbocycles. The number of benzene rings is 2. The molecule has 0 aliphatic heterocycles. The number of carboxylic acids is 1. The predicted molar refractivity (Wildman–Crippen MR) is 103 cm³/mol. The molecule has 5 nitrogen and oxygen atoms in total. The Morgan fingerprint density at radius 3 is 2.35 bits per heavy atom. The summed E-state index contributed by atoms with van der Waals surface area (Å²) in [4.78, 5) is 34.9. The molecule has 134 valence electrons. The van der Waals surface area contributed by atoms with Gasteiger partial charge in [0, 0.05) is 33.3 Å². The molecule has 0 bridgehead atoms. The van der Waals surface area contributed by atoms with Gasteiger partial charge in [-0.25, -0.2) is 4.79 Å². The number of Topliss-reactive ketones (excluding diaryl/α,β-unsaturated/α-hetero) is 1. The van der Waals surface area contributed by atoms with Crippen molar-refractivity contribution in [2.24, 2.45) is 0 Å². The Morgan fingerprint density at radius 2 is 1.73 bits per heavy atom. The number of nitrogens with one attached hydrogen (secondary N) is 1. The molecule has 8 heteroatoms. The summed E-state index contributed by atoms with van der Waals surface area (Å²) in [5.41, 5.74) is 0.930. The third kappa shape index (κ3) is 6.22. The van der Waals surface area contributed by atoms with Gasteiger partial charge in [0.25, 0.3) is 0 Å². The molecule has 0 heterocycles. The van der Waals surface area contributed by atoms with Gasteiger partial charge >= 0.3 is 5.97 Å². The van der Waals surface area contributed by atoms with E-state index in [1.54, 1.807) is 36.4 Å². The lowest BCUT2D eigenvalue weighted by Crippen LogP contribution is -2.08. The van der Waals surface area contributed by atoms with Gasteiger partial charge in [-0.15, -0.1) is 11.8 Å². The number of anilines is 1. The molecule has 0 saturated carbocycles. The maximum Gasteiger partial charge on any atom is 0.328 e. The number of rotatable bonds is 7. The molecule has 2 N–H and O–H groups in total. The number of hydrogen-bond donors (Lipinski definition) is 2. The van der Waals surface area contributed by atoms with Crippen molar-refractivity contribution in [3.8, 4) is 0 Å². The summed E-state index contributed by atoms with van der Waals surface area (Å²) in [6.45, 7) is 0. The summed E-state index contributed by atoms with van der Waals surface area (Å²) >= 11 is 13.2. The van der Waals surface area contributed by atoms with Crippen molar-refractivity contribution in [3.05, 3.63) is 70.2 Å². The first-order valence-electron chi connectivity index (χ1n) is 7.28. The van der Waals surface area contributed by atoms with Gasteiger partial charge in [-0.3, -0.25) is 9.59 Å². The van der Waals surface area contributed by atoms with E-state index in [1.807, 2.05) is 0 Å². The van der Waals surface area contributed by atoms with E-state index in [-0.39, 0.29) is 11.5 Å². The van der Waals surface area contributed by atoms with Gasteiger partial charge < -0.3 is 10.4 Å². The Kier molecular flexibility index (Phi) is 7.26.